The van der Waals surface area contributed by atoms with E-state index in [0.29, 0.717) is 23.8 Å². The summed E-state index contributed by atoms with van der Waals surface area (Å²) in [6, 6.07) is 25.6. The highest BCUT2D eigenvalue weighted by Gasteiger charge is 2.27. The third-order valence-electron chi connectivity index (χ3n) is 5.79. The van der Waals surface area contributed by atoms with Crippen LogP contribution in [0.15, 0.2) is 84.9 Å². The number of aromatic nitrogens is 3. The number of nitrogens with one attached hydrogen (secondary N) is 2. The van der Waals surface area contributed by atoms with E-state index in [2.05, 4.69) is 58.0 Å². The maximum atomic E-state index is 12.6. The molecule has 1 amide bonds. The van der Waals surface area contributed by atoms with Gasteiger partial charge in [-0.2, -0.15) is 4.98 Å². The predicted octanol–water partition coefficient (Wildman–Crippen LogP) is 5.87. The van der Waals surface area contributed by atoms with E-state index in [-0.39, 0.29) is 17.9 Å². The first-order valence-corrected chi connectivity index (χ1v) is 11.6. The van der Waals surface area contributed by atoms with E-state index in [0.717, 1.165) is 22.4 Å². The number of fused-ring (bicyclic) bond motifs is 1. The summed E-state index contributed by atoms with van der Waals surface area (Å²) in [7, 11) is 0. The van der Waals surface area contributed by atoms with Crippen molar-refractivity contribution < 1.29 is 4.79 Å². The van der Waals surface area contributed by atoms with Crippen LogP contribution in [0.3, 0.4) is 0 Å². The monoisotopic (exact) mass is 469 g/mol. The van der Waals surface area contributed by atoms with Crippen molar-refractivity contribution >= 4 is 35.1 Å². The second-order valence-corrected chi connectivity index (χ2v) is 8.68. The highest BCUT2D eigenvalue weighted by atomic mass is 35.5. The Labute approximate surface area is 203 Å². The highest BCUT2D eigenvalue weighted by Crippen LogP contribution is 2.35. The summed E-state index contributed by atoms with van der Waals surface area (Å²) in [5.74, 6) is 0.672. The number of benzene rings is 3. The molecule has 0 fully saturated rings. The van der Waals surface area contributed by atoms with Crippen molar-refractivity contribution in [2.45, 2.75) is 25.8 Å². The van der Waals surface area contributed by atoms with Gasteiger partial charge in [0.25, 0.3) is 5.95 Å². The number of allylic oxidation sites excluding steroid dienone is 1. The Bertz CT molecular complexity index is 1350. The van der Waals surface area contributed by atoms with E-state index in [9.17, 15) is 4.79 Å². The Morgan fingerprint density at radius 1 is 1.03 bits per heavy atom. The number of rotatable bonds is 6. The maximum absolute atomic E-state index is 12.6. The van der Waals surface area contributed by atoms with Crippen LogP contribution in [-0.2, 0) is 11.2 Å². The molecule has 0 aliphatic carbocycles. The van der Waals surface area contributed by atoms with E-state index in [1.54, 1.807) is 4.68 Å². The van der Waals surface area contributed by atoms with Gasteiger partial charge in [-0.25, -0.2) is 4.68 Å². The summed E-state index contributed by atoms with van der Waals surface area (Å²) in [6.07, 6.45) is 3.08. The molecule has 0 unspecified atom stereocenters. The predicted molar refractivity (Wildman–Crippen MR) is 136 cm³/mol. The Morgan fingerprint density at radius 3 is 2.53 bits per heavy atom. The second kappa shape index (κ2) is 9.53. The van der Waals surface area contributed by atoms with E-state index in [1.165, 1.54) is 5.56 Å². The van der Waals surface area contributed by atoms with Crippen molar-refractivity contribution in [3.05, 3.63) is 112 Å². The summed E-state index contributed by atoms with van der Waals surface area (Å²) < 4.78 is 1.76. The molecule has 1 atom stereocenters. The van der Waals surface area contributed by atoms with Gasteiger partial charge in [0.05, 0.1) is 0 Å². The summed E-state index contributed by atoms with van der Waals surface area (Å²) >= 11 is 6.55. The van der Waals surface area contributed by atoms with Gasteiger partial charge in [-0.3, -0.25) is 10.1 Å². The first-order valence-electron chi connectivity index (χ1n) is 11.2. The average molecular weight is 470 g/mol. The van der Waals surface area contributed by atoms with Crippen molar-refractivity contribution in [3.63, 3.8) is 0 Å². The smallest absolute Gasteiger partial charge is 0.250 e. The molecule has 0 radical (unpaired) electrons. The number of hydrogen-bond donors (Lipinski definition) is 2. The molecule has 170 valence electrons. The van der Waals surface area contributed by atoms with Gasteiger partial charge < -0.3 is 5.32 Å². The SMILES string of the molecule is Cc1ccc(C2=C[C@@H](c3ccccc3Cl)n3nc(NC(=O)CCc4ccccc4)nc3N2)cc1. The minimum absolute atomic E-state index is 0.132. The fraction of sp³-hybridized carbons (Fsp3) is 0.148. The minimum Gasteiger partial charge on any atom is -0.324 e. The van der Waals surface area contributed by atoms with Crippen molar-refractivity contribution in [1.82, 2.24) is 14.8 Å². The zero-order valence-electron chi connectivity index (χ0n) is 18.7. The molecule has 7 heteroatoms. The van der Waals surface area contributed by atoms with Crippen LogP contribution in [0.1, 0.15) is 34.7 Å². The van der Waals surface area contributed by atoms with Crippen molar-refractivity contribution in [2.75, 3.05) is 10.6 Å². The Kier molecular flexibility index (Phi) is 6.14. The quantitative estimate of drug-likeness (QED) is 0.370. The lowest BCUT2D eigenvalue weighted by atomic mass is 10.0. The van der Waals surface area contributed by atoms with Crippen LogP contribution < -0.4 is 10.6 Å². The van der Waals surface area contributed by atoms with Crippen LogP contribution >= 0.6 is 11.6 Å². The molecule has 0 bridgehead atoms. The zero-order valence-corrected chi connectivity index (χ0v) is 19.5. The van der Waals surface area contributed by atoms with Crippen LogP contribution in [0.4, 0.5) is 11.9 Å². The van der Waals surface area contributed by atoms with Gasteiger partial charge in [0.2, 0.25) is 11.9 Å². The van der Waals surface area contributed by atoms with Gasteiger partial charge in [0.15, 0.2) is 0 Å². The standard InChI is InChI=1S/C27H24ClN5O/c1-18-11-14-20(15-12-18)23-17-24(21-9-5-6-10-22(21)28)33-27(29-23)31-26(32-33)30-25(34)16-13-19-7-3-2-4-8-19/h2-12,14-15,17,24H,13,16H2,1H3,(H2,29,30,31,32,34)/t24-/m0/s1. The molecule has 2 N–H and O–H groups in total. The second-order valence-electron chi connectivity index (χ2n) is 8.28. The molecule has 0 saturated heterocycles. The molecule has 1 aromatic heterocycles. The number of aryl methyl sites for hydroxylation is 2. The van der Waals surface area contributed by atoms with Gasteiger partial charge in [0, 0.05) is 17.1 Å². The largest absolute Gasteiger partial charge is 0.324 e. The van der Waals surface area contributed by atoms with Crippen molar-refractivity contribution in [3.8, 4) is 0 Å². The number of carbonyl (C=O) groups excluding carboxylic acids is 1. The molecule has 2 heterocycles. The molecule has 0 saturated carbocycles. The van der Waals surface area contributed by atoms with E-state index in [4.69, 9.17) is 11.6 Å². The fourth-order valence-electron chi connectivity index (χ4n) is 3.97. The van der Waals surface area contributed by atoms with Gasteiger partial charge in [0.1, 0.15) is 6.04 Å². The molecule has 1 aliphatic heterocycles. The summed E-state index contributed by atoms with van der Waals surface area (Å²) in [5.41, 5.74) is 5.15. The van der Waals surface area contributed by atoms with E-state index in [1.807, 2.05) is 54.6 Å². The molecular formula is C27H24ClN5O. The maximum Gasteiger partial charge on any atom is 0.250 e. The molecule has 3 aromatic carbocycles. The lowest BCUT2D eigenvalue weighted by Gasteiger charge is -2.25. The van der Waals surface area contributed by atoms with Crippen LogP contribution in [0, 0.1) is 6.92 Å². The number of carbonyl (C=O) groups is 1. The van der Waals surface area contributed by atoms with E-state index < -0.39 is 0 Å². The molecular weight excluding hydrogens is 446 g/mol. The Hall–Kier alpha value is -3.90. The van der Waals surface area contributed by atoms with Crippen LogP contribution in [-0.4, -0.2) is 20.7 Å². The van der Waals surface area contributed by atoms with Crippen LogP contribution in [0.5, 0.6) is 0 Å². The summed E-state index contributed by atoms with van der Waals surface area (Å²) in [6.45, 7) is 2.06. The third-order valence-corrected chi connectivity index (χ3v) is 6.13. The Morgan fingerprint density at radius 2 is 1.76 bits per heavy atom. The Balaban J connectivity index is 1.42. The molecule has 5 rings (SSSR count). The summed E-state index contributed by atoms with van der Waals surface area (Å²) in [4.78, 5) is 17.1. The number of hydrogen-bond acceptors (Lipinski definition) is 4. The van der Waals surface area contributed by atoms with Crippen molar-refractivity contribution in [2.24, 2.45) is 0 Å². The highest BCUT2D eigenvalue weighted by molar-refractivity contribution is 6.31. The number of amides is 1. The lowest BCUT2D eigenvalue weighted by molar-refractivity contribution is -0.116. The number of anilines is 2. The first kappa shape index (κ1) is 21.9. The topological polar surface area (TPSA) is 71.8 Å². The van der Waals surface area contributed by atoms with Crippen LogP contribution in [0.2, 0.25) is 5.02 Å². The van der Waals surface area contributed by atoms with Gasteiger partial charge in [-0.15, -0.1) is 5.10 Å². The molecule has 6 nitrogen and oxygen atoms in total. The summed E-state index contributed by atoms with van der Waals surface area (Å²) in [5, 5.41) is 11.4. The lowest BCUT2D eigenvalue weighted by Crippen LogP contribution is -2.20. The van der Waals surface area contributed by atoms with Crippen molar-refractivity contribution in [1.29, 1.82) is 0 Å². The molecule has 1 aliphatic rings. The fourth-order valence-corrected chi connectivity index (χ4v) is 4.22. The molecule has 4 aromatic rings. The van der Waals surface area contributed by atoms with Crippen LogP contribution in [0.25, 0.3) is 5.70 Å². The molecule has 0 spiro atoms. The molecule has 34 heavy (non-hydrogen) atoms. The normalized spacial score (nSPS) is 14.6. The third kappa shape index (κ3) is 4.72. The van der Waals surface area contributed by atoms with Gasteiger partial charge in [-0.1, -0.05) is 90.0 Å². The average Bonchev–Trinajstić information content (AvgIpc) is 3.26. The zero-order chi connectivity index (χ0) is 23.5. The number of halogens is 1. The van der Waals surface area contributed by atoms with Gasteiger partial charge >= 0.3 is 0 Å². The first-order chi connectivity index (χ1) is 16.6. The van der Waals surface area contributed by atoms with E-state index >= 15 is 0 Å². The minimum atomic E-state index is -0.274. The number of nitrogens with zero attached hydrogens (tertiary/aromatic N) is 3. The van der Waals surface area contributed by atoms with Gasteiger partial charge in [-0.05, 0) is 42.2 Å².